The molecule has 0 aromatic heterocycles. The summed E-state index contributed by atoms with van der Waals surface area (Å²) in [5, 5.41) is 9.37. The summed E-state index contributed by atoms with van der Waals surface area (Å²) in [4.78, 5) is 37.3. The van der Waals surface area contributed by atoms with Gasteiger partial charge in [-0.1, -0.05) is 17.7 Å². The standard InChI is InChI=1S/C13H13ClN2O4S/c14-9-2-1-3-10(4-9)16(6-13(19)20)11(17)5-15-8-21-7-12(15)18/h1-4H,5-8H2,(H,19,20). The third-order valence-corrected chi connectivity index (χ3v) is 4.05. The summed E-state index contributed by atoms with van der Waals surface area (Å²) >= 11 is 7.29. The van der Waals surface area contributed by atoms with Crippen molar-refractivity contribution in [2.75, 3.05) is 29.6 Å². The molecule has 2 rings (SSSR count). The molecule has 2 amide bonds. The Morgan fingerprint density at radius 3 is 2.76 bits per heavy atom. The molecule has 1 saturated heterocycles. The number of nitrogens with zero attached hydrogens (tertiary/aromatic N) is 2. The molecule has 1 N–H and O–H groups in total. The second kappa shape index (κ2) is 6.82. The number of amides is 2. The lowest BCUT2D eigenvalue weighted by Crippen LogP contribution is -2.43. The van der Waals surface area contributed by atoms with Gasteiger partial charge in [0.25, 0.3) is 0 Å². The summed E-state index contributed by atoms with van der Waals surface area (Å²) in [7, 11) is 0. The van der Waals surface area contributed by atoms with Crippen LogP contribution in [0, 0.1) is 0 Å². The van der Waals surface area contributed by atoms with Crippen LogP contribution < -0.4 is 4.90 Å². The molecule has 0 spiro atoms. The van der Waals surface area contributed by atoms with Gasteiger partial charge in [-0.2, -0.15) is 0 Å². The molecule has 1 aliphatic rings. The third-order valence-electron chi connectivity index (χ3n) is 2.87. The first-order valence-electron chi connectivity index (χ1n) is 6.10. The number of carboxylic acids is 1. The van der Waals surface area contributed by atoms with Crippen molar-refractivity contribution in [3.63, 3.8) is 0 Å². The summed E-state index contributed by atoms with van der Waals surface area (Å²) in [5.41, 5.74) is 0.397. The predicted octanol–water partition coefficient (Wildman–Crippen LogP) is 1.29. The quantitative estimate of drug-likeness (QED) is 0.881. The predicted molar refractivity (Wildman–Crippen MR) is 80.5 cm³/mol. The van der Waals surface area contributed by atoms with Crippen LogP contribution in [0.1, 0.15) is 0 Å². The SMILES string of the molecule is O=C(O)CN(C(=O)CN1CSCC1=O)c1cccc(Cl)c1. The van der Waals surface area contributed by atoms with E-state index in [2.05, 4.69) is 0 Å². The van der Waals surface area contributed by atoms with E-state index in [-0.39, 0.29) is 12.5 Å². The fraction of sp³-hybridized carbons (Fsp3) is 0.308. The van der Waals surface area contributed by atoms with Crippen molar-refractivity contribution in [3.05, 3.63) is 29.3 Å². The van der Waals surface area contributed by atoms with Gasteiger partial charge in [-0.15, -0.1) is 11.8 Å². The second-order valence-corrected chi connectivity index (χ2v) is 5.81. The molecule has 1 aromatic carbocycles. The van der Waals surface area contributed by atoms with Gasteiger partial charge in [0.1, 0.15) is 13.1 Å². The third kappa shape index (κ3) is 4.12. The number of carboxylic acid groups (broad SMARTS) is 1. The first-order chi connectivity index (χ1) is 9.97. The molecule has 0 atom stereocenters. The number of halogens is 1. The average Bonchev–Trinajstić information content (AvgIpc) is 2.81. The van der Waals surface area contributed by atoms with Gasteiger partial charge in [-0.3, -0.25) is 19.3 Å². The van der Waals surface area contributed by atoms with Crippen LogP contribution >= 0.6 is 23.4 Å². The largest absolute Gasteiger partial charge is 0.480 e. The summed E-state index contributed by atoms with van der Waals surface area (Å²) in [5.74, 6) is -0.902. The van der Waals surface area contributed by atoms with Gasteiger partial charge in [-0.25, -0.2) is 0 Å². The molecular weight excluding hydrogens is 316 g/mol. The molecule has 1 fully saturated rings. The van der Waals surface area contributed by atoms with Crippen molar-refractivity contribution in [1.29, 1.82) is 0 Å². The topological polar surface area (TPSA) is 77.9 Å². The fourth-order valence-corrected chi connectivity index (χ4v) is 2.98. The molecule has 21 heavy (non-hydrogen) atoms. The zero-order valence-corrected chi connectivity index (χ0v) is 12.6. The highest BCUT2D eigenvalue weighted by Crippen LogP contribution is 2.21. The first kappa shape index (κ1) is 15.7. The Morgan fingerprint density at radius 1 is 1.43 bits per heavy atom. The highest BCUT2D eigenvalue weighted by Gasteiger charge is 2.27. The molecule has 8 heteroatoms. The number of anilines is 1. The van der Waals surface area contributed by atoms with E-state index in [4.69, 9.17) is 16.7 Å². The number of carbonyl (C=O) groups excluding carboxylic acids is 2. The summed E-state index contributed by atoms with van der Waals surface area (Å²) < 4.78 is 0. The van der Waals surface area contributed by atoms with Crippen LogP contribution in [0.25, 0.3) is 0 Å². The molecule has 0 radical (unpaired) electrons. The molecular formula is C13H13ClN2O4S. The number of hydrogen-bond acceptors (Lipinski definition) is 4. The lowest BCUT2D eigenvalue weighted by atomic mass is 10.2. The molecule has 0 saturated carbocycles. The molecule has 1 heterocycles. The number of carbonyl (C=O) groups is 3. The minimum Gasteiger partial charge on any atom is -0.480 e. The first-order valence-corrected chi connectivity index (χ1v) is 7.64. The van der Waals surface area contributed by atoms with E-state index >= 15 is 0 Å². The van der Waals surface area contributed by atoms with Gasteiger partial charge < -0.3 is 10.0 Å². The van der Waals surface area contributed by atoms with Crippen LogP contribution in [0.5, 0.6) is 0 Å². The highest BCUT2D eigenvalue weighted by molar-refractivity contribution is 8.00. The van der Waals surface area contributed by atoms with E-state index in [1.165, 1.54) is 22.7 Å². The lowest BCUT2D eigenvalue weighted by molar-refractivity contribution is -0.137. The Balaban J connectivity index is 2.17. The van der Waals surface area contributed by atoms with Gasteiger partial charge in [0, 0.05) is 10.7 Å². The second-order valence-electron chi connectivity index (χ2n) is 4.42. The van der Waals surface area contributed by atoms with Gasteiger partial charge in [0.05, 0.1) is 11.6 Å². The van der Waals surface area contributed by atoms with Gasteiger partial charge >= 0.3 is 5.97 Å². The van der Waals surface area contributed by atoms with Crippen LogP contribution in [0.3, 0.4) is 0 Å². The van der Waals surface area contributed by atoms with Gasteiger partial charge in [0.15, 0.2) is 0 Å². The number of aliphatic carboxylic acids is 1. The monoisotopic (exact) mass is 328 g/mol. The van der Waals surface area contributed by atoms with E-state index in [1.54, 1.807) is 18.2 Å². The fourth-order valence-electron chi connectivity index (χ4n) is 1.89. The lowest BCUT2D eigenvalue weighted by Gasteiger charge is -2.24. The van der Waals surface area contributed by atoms with Gasteiger partial charge in [-0.05, 0) is 18.2 Å². The van der Waals surface area contributed by atoms with E-state index in [1.807, 2.05) is 0 Å². The van der Waals surface area contributed by atoms with E-state index in [0.717, 1.165) is 4.90 Å². The molecule has 1 aromatic rings. The summed E-state index contributed by atoms with van der Waals surface area (Å²) in [6.07, 6.45) is 0. The maximum atomic E-state index is 12.3. The van der Waals surface area contributed by atoms with E-state index in [9.17, 15) is 14.4 Å². The van der Waals surface area contributed by atoms with Crippen LogP contribution in [0.4, 0.5) is 5.69 Å². The molecule has 112 valence electrons. The number of thioether (sulfide) groups is 1. The van der Waals surface area contributed by atoms with Crippen molar-refractivity contribution < 1.29 is 19.5 Å². The number of rotatable bonds is 5. The van der Waals surface area contributed by atoms with Crippen molar-refractivity contribution in [3.8, 4) is 0 Å². The van der Waals surface area contributed by atoms with Gasteiger partial charge in [0.2, 0.25) is 11.8 Å². The Hall–Kier alpha value is -1.73. The van der Waals surface area contributed by atoms with E-state index < -0.39 is 18.4 Å². The average molecular weight is 329 g/mol. The summed E-state index contributed by atoms with van der Waals surface area (Å²) in [6.45, 7) is -0.611. The minimum atomic E-state index is -1.13. The Kier molecular flexibility index (Phi) is 5.08. The normalized spacial score (nSPS) is 14.3. The number of benzene rings is 1. The molecule has 0 unspecified atom stereocenters. The van der Waals surface area contributed by atoms with Crippen molar-refractivity contribution in [1.82, 2.24) is 4.90 Å². The molecule has 0 aliphatic carbocycles. The highest BCUT2D eigenvalue weighted by atomic mass is 35.5. The Morgan fingerprint density at radius 2 is 2.19 bits per heavy atom. The molecule has 1 aliphatic heterocycles. The maximum absolute atomic E-state index is 12.3. The van der Waals surface area contributed by atoms with Crippen LogP contribution in [0.15, 0.2) is 24.3 Å². The van der Waals surface area contributed by atoms with Crippen molar-refractivity contribution in [2.24, 2.45) is 0 Å². The van der Waals surface area contributed by atoms with Crippen LogP contribution in [-0.2, 0) is 14.4 Å². The van der Waals surface area contributed by atoms with Crippen molar-refractivity contribution >= 4 is 46.8 Å². The Bertz CT molecular complexity index is 581. The smallest absolute Gasteiger partial charge is 0.323 e. The number of hydrogen-bond donors (Lipinski definition) is 1. The maximum Gasteiger partial charge on any atom is 0.323 e. The molecule has 0 bridgehead atoms. The van der Waals surface area contributed by atoms with Crippen LogP contribution in [0.2, 0.25) is 5.02 Å². The summed E-state index contributed by atoms with van der Waals surface area (Å²) in [6, 6.07) is 6.39. The zero-order chi connectivity index (χ0) is 15.4. The Labute approximate surface area is 130 Å². The zero-order valence-electron chi connectivity index (χ0n) is 11.0. The minimum absolute atomic E-state index is 0.116. The van der Waals surface area contributed by atoms with Crippen molar-refractivity contribution in [2.45, 2.75) is 0 Å². The van der Waals surface area contributed by atoms with E-state index in [0.29, 0.717) is 22.3 Å². The van der Waals surface area contributed by atoms with Crippen LogP contribution in [-0.4, -0.2) is 52.5 Å². The molecule has 6 nitrogen and oxygen atoms in total.